The molecule has 0 aromatic carbocycles. The van der Waals surface area contributed by atoms with Crippen molar-refractivity contribution in [3.63, 3.8) is 0 Å². The van der Waals surface area contributed by atoms with Crippen molar-refractivity contribution in [1.82, 2.24) is 14.8 Å². The normalized spacial score (nSPS) is 20.2. The quantitative estimate of drug-likeness (QED) is 0.693. The zero-order chi connectivity index (χ0) is 24.9. The minimum absolute atomic E-state index is 0.0158. The summed E-state index contributed by atoms with van der Waals surface area (Å²) in [4.78, 5) is 39.4. The number of nitrogens with zero attached hydrogens (tertiary/aromatic N) is 2. The summed E-state index contributed by atoms with van der Waals surface area (Å²) in [7, 11) is 1.43. The van der Waals surface area contributed by atoms with Crippen LogP contribution < -0.4 is 10.7 Å². The summed E-state index contributed by atoms with van der Waals surface area (Å²) in [5.74, 6) is -2.81. The number of methoxy groups -OCH3 is 1. The minimum atomic E-state index is -1.27. The van der Waals surface area contributed by atoms with Gasteiger partial charge in [-0.15, -0.1) is 0 Å². The fourth-order valence-electron chi connectivity index (χ4n) is 3.70. The van der Waals surface area contributed by atoms with Gasteiger partial charge < -0.3 is 24.6 Å². The van der Waals surface area contributed by atoms with E-state index in [0.717, 1.165) is 0 Å². The molecule has 0 bridgehead atoms. The van der Waals surface area contributed by atoms with Gasteiger partial charge in [0.2, 0.25) is 5.43 Å². The molecule has 8 nitrogen and oxygen atoms in total. The Balaban J connectivity index is 0.00000187. The lowest BCUT2D eigenvalue weighted by atomic mass is 10.1. The number of halogens is 2. The zero-order valence-corrected chi connectivity index (χ0v) is 19.5. The Labute approximate surface area is 191 Å². The van der Waals surface area contributed by atoms with Crippen LogP contribution in [0, 0.1) is 0 Å². The van der Waals surface area contributed by atoms with Crippen LogP contribution in [0.3, 0.4) is 0 Å². The van der Waals surface area contributed by atoms with Crippen LogP contribution in [0.2, 0.25) is 0 Å². The molecule has 0 fully saturated rings. The molecule has 2 unspecified atom stereocenters. The van der Waals surface area contributed by atoms with E-state index in [1.165, 1.54) is 34.9 Å². The average molecular weight is 468 g/mol. The molecule has 0 radical (unpaired) electrons. The van der Waals surface area contributed by atoms with Crippen LogP contribution in [0.15, 0.2) is 34.5 Å². The van der Waals surface area contributed by atoms with Crippen LogP contribution >= 0.6 is 0 Å². The molecule has 1 aliphatic heterocycles. The monoisotopic (exact) mass is 467 g/mol. The van der Waals surface area contributed by atoms with E-state index in [-0.39, 0.29) is 43.2 Å². The van der Waals surface area contributed by atoms with Crippen molar-refractivity contribution in [3.05, 3.63) is 51.2 Å². The van der Waals surface area contributed by atoms with Crippen LogP contribution in [0.1, 0.15) is 61.4 Å². The van der Waals surface area contributed by atoms with Crippen LogP contribution in [-0.2, 0) is 11.3 Å². The zero-order valence-electron chi connectivity index (χ0n) is 19.5. The fourth-order valence-corrected chi connectivity index (χ4v) is 3.70. The Bertz CT molecular complexity index is 1020. The van der Waals surface area contributed by atoms with Gasteiger partial charge in [0.15, 0.2) is 17.7 Å². The van der Waals surface area contributed by atoms with Crippen molar-refractivity contribution in [3.8, 4) is 5.75 Å². The van der Waals surface area contributed by atoms with E-state index in [1.807, 2.05) is 13.8 Å². The molecule has 2 amide bonds. The van der Waals surface area contributed by atoms with E-state index >= 15 is 0 Å². The van der Waals surface area contributed by atoms with Crippen molar-refractivity contribution in [2.45, 2.75) is 65.5 Å². The fraction of sp³-hybridized carbons (Fsp3) is 0.522. The van der Waals surface area contributed by atoms with E-state index in [1.54, 1.807) is 13.8 Å². The maximum absolute atomic E-state index is 14.1. The highest BCUT2D eigenvalue weighted by molar-refractivity contribution is 5.99. The number of hydrogen-bond acceptors (Lipinski definition) is 5. The number of nitrogens with one attached hydrogen (secondary N) is 1. The largest absolute Gasteiger partial charge is 0.503 e. The summed E-state index contributed by atoms with van der Waals surface area (Å²) in [6, 6.07) is -0.247. The molecule has 2 aliphatic rings. The number of carbonyl (C=O) groups is 2. The van der Waals surface area contributed by atoms with Gasteiger partial charge in [0, 0.05) is 37.9 Å². The van der Waals surface area contributed by atoms with Gasteiger partial charge in [-0.05, 0) is 20.3 Å². The van der Waals surface area contributed by atoms with Gasteiger partial charge in [-0.25, -0.2) is 8.78 Å². The van der Waals surface area contributed by atoms with Crippen molar-refractivity contribution in [1.29, 1.82) is 0 Å². The Morgan fingerprint density at radius 3 is 2.61 bits per heavy atom. The van der Waals surface area contributed by atoms with Crippen LogP contribution in [-0.4, -0.2) is 58.5 Å². The molecule has 2 atom stereocenters. The van der Waals surface area contributed by atoms with Crippen molar-refractivity contribution >= 4 is 11.8 Å². The highest BCUT2D eigenvalue weighted by Crippen LogP contribution is 2.26. The second-order valence-electron chi connectivity index (χ2n) is 7.74. The first-order chi connectivity index (χ1) is 15.6. The molecule has 1 aromatic rings. The van der Waals surface area contributed by atoms with Gasteiger partial charge in [0.1, 0.15) is 17.6 Å². The lowest BCUT2D eigenvalue weighted by Gasteiger charge is -2.39. The lowest BCUT2D eigenvalue weighted by molar-refractivity contribution is -0.0513. The highest BCUT2D eigenvalue weighted by Gasteiger charge is 2.37. The van der Waals surface area contributed by atoms with Crippen molar-refractivity contribution in [2.75, 3.05) is 13.7 Å². The number of pyridine rings is 1. The Hall–Kier alpha value is -3.01. The maximum Gasteiger partial charge on any atom is 0.276 e. The molecular formula is C23H31F2N3O5. The molecule has 0 saturated heterocycles. The number of aromatic nitrogens is 1. The van der Waals surface area contributed by atoms with Gasteiger partial charge >= 0.3 is 0 Å². The van der Waals surface area contributed by atoms with Crippen LogP contribution in [0.5, 0.6) is 5.75 Å². The standard InChI is InChI=1S/C21H25F2N3O5.C2H6/c1-11(2)26-16(31-3)10-25-9-14(18(27)19(28)17(25)21(26)30)20(29)24-8-12-4-5-13(22)6-7-15(12)23;1-2/h4-5,9,11,13,16,28H,6-8,10H2,1-3H3,(H,24,29);1-2H3. The number of alkyl halides is 1. The number of ether oxygens (including phenoxy) is 1. The number of aromatic hydroxyl groups is 1. The molecule has 0 saturated carbocycles. The van der Waals surface area contributed by atoms with Crippen molar-refractivity contribution < 1.29 is 28.2 Å². The number of rotatable bonds is 5. The van der Waals surface area contributed by atoms with Gasteiger partial charge in [-0.2, -0.15) is 0 Å². The van der Waals surface area contributed by atoms with E-state index < -0.39 is 46.8 Å². The van der Waals surface area contributed by atoms with Crippen molar-refractivity contribution in [2.24, 2.45) is 0 Å². The average Bonchev–Trinajstić information content (AvgIpc) is 2.95. The summed E-state index contributed by atoms with van der Waals surface area (Å²) < 4.78 is 34.1. The van der Waals surface area contributed by atoms with E-state index in [4.69, 9.17) is 4.74 Å². The molecule has 1 aromatic heterocycles. The summed E-state index contributed by atoms with van der Waals surface area (Å²) in [5, 5.41) is 12.8. The second-order valence-corrected chi connectivity index (χ2v) is 7.74. The maximum atomic E-state index is 14.1. The number of allylic oxidation sites excluding steroid dienone is 2. The van der Waals surface area contributed by atoms with Gasteiger partial charge in [0.05, 0.1) is 6.54 Å². The van der Waals surface area contributed by atoms with Gasteiger partial charge in [-0.1, -0.05) is 26.0 Å². The van der Waals surface area contributed by atoms with E-state index in [2.05, 4.69) is 5.32 Å². The second kappa shape index (κ2) is 11.2. The first-order valence-corrected chi connectivity index (χ1v) is 11.0. The lowest BCUT2D eigenvalue weighted by Crippen LogP contribution is -2.53. The molecule has 10 heteroatoms. The van der Waals surface area contributed by atoms with Crippen LogP contribution in [0.25, 0.3) is 0 Å². The Morgan fingerprint density at radius 1 is 1.33 bits per heavy atom. The highest BCUT2D eigenvalue weighted by atomic mass is 19.1. The predicted octanol–water partition coefficient (Wildman–Crippen LogP) is 3.06. The molecule has 2 N–H and O–H groups in total. The van der Waals surface area contributed by atoms with Gasteiger partial charge in [0.25, 0.3) is 11.8 Å². The third-order valence-corrected chi connectivity index (χ3v) is 5.36. The number of hydrogen-bond donors (Lipinski definition) is 2. The molecule has 2 heterocycles. The van der Waals surface area contributed by atoms with Gasteiger partial charge in [-0.3, -0.25) is 14.4 Å². The molecular weight excluding hydrogens is 436 g/mol. The Morgan fingerprint density at radius 2 is 2.00 bits per heavy atom. The smallest absolute Gasteiger partial charge is 0.276 e. The summed E-state index contributed by atoms with van der Waals surface area (Å²) in [5.41, 5.74) is -1.52. The number of amides is 2. The SMILES string of the molecule is CC.COC1Cn2cc(C(=O)NCC3=C(F)CCC(F)C=C3)c(=O)c(O)c2C(=O)N1C(C)C. The summed E-state index contributed by atoms with van der Waals surface area (Å²) in [6.45, 7) is 7.40. The first-order valence-electron chi connectivity index (χ1n) is 11.0. The van der Waals surface area contributed by atoms with E-state index in [9.17, 15) is 28.3 Å². The summed E-state index contributed by atoms with van der Waals surface area (Å²) >= 11 is 0. The minimum Gasteiger partial charge on any atom is -0.503 e. The third kappa shape index (κ3) is 5.50. The topological polar surface area (TPSA) is 101 Å². The summed E-state index contributed by atoms with van der Waals surface area (Å²) in [6.07, 6.45) is 1.67. The van der Waals surface area contributed by atoms with E-state index in [0.29, 0.717) is 0 Å². The first kappa shape index (κ1) is 26.2. The molecule has 3 rings (SSSR count). The predicted molar refractivity (Wildman–Crippen MR) is 120 cm³/mol. The number of fused-ring (bicyclic) bond motifs is 1. The third-order valence-electron chi connectivity index (χ3n) is 5.36. The molecule has 1 aliphatic carbocycles. The molecule has 33 heavy (non-hydrogen) atoms. The molecule has 0 spiro atoms. The molecule has 182 valence electrons. The Kier molecular flexibility index (Phi) is 8.92. The number of carbonyl (C=O) groups excluding carboxylic acids is 2. The van der Waals surface area contributed by atoms with Crippen LogP contribution in [0.4, 0.5) is 8.78 Å².